The maximum Gasteiger partial charge on any atom is 0.366 e. The molecule has 1 unspecified atom stereocenters. The van der Waals surface area contributed by atoms with Gasteiger partial charge in [0.1, 0.15) is 11.8 Å². The summed E-state index contributed by atoms with van der Waals surface area (Å²) in [7, 11) is 1.32. The van der Waals surface area contributed by atoms with Crippen LogP contribution >= 0.6 is 0 Å². The van der Waals surface area contributed by atoms with Crippen LogP contribution in [0.4, 0.5) is 0 Å². The Morgan fingerprint density at radius 3 is 2.06 bits per heavy atom. The van der Waals surface area contributed by atoms with Crippen molar-refractivity contribution in [2.45, 2.75) is 45.3 Å². The van der Waals surface area contributed by atoms with Crippen molar-refractivity contribution in [2.24, 2.45) is 0 Å². The molecule has 2 atom stereocenters. The number of amides is 1. The minimum Gasteiger partial charge on any atom is -0.499 e. The van der Waals surface area contributed by atoms with Crippen LogP contribution < -0.4 is 14.8 Å². The highest BCUT2D eigenvalue weighted by Gasteiger charge is 2.36. The first kappa shape index (κ1) is 26.7. The van der Waals surface area contributed by atoms with E-state index in [-0.39, 0.29) is 24.4 Å². The number of methoxy groups -OCH3 is 1. The molecule has 3 N–H and O–H groups in total. The lowest BCUT2D eigenvalue weighted by Gasteiger charge is -2.30. The molecule has 0 spiro atoms. The van der Waals surface area contributed by atoms with Crippen molar-refractivity contribution in [3.8, 4) is 11.5 Å². The summed E-state index contributed by atoms with van der Waals surface area (Å²) < 4.78 is 11.6. The van der Waals surface area contributed by atoms with E-state index < -0.39 is 22.9 Å². The molecule has 0 saturated carbocycles. The summed E-state index contributed by atoms with van der Waals surface area (Å²) in [5.74, 6) is -1.53. The van der Waals surface area contributed by atoms with Crippen molar-refractivity contribution in [1.82, 2.24) is 5.32 Å². The van der Waals surface area contributed by atoms with Gasteiger partial charge in [-0.2, -0.15) is 0 Å². The molecule has 0 bridgehead atoms. The Morgan fingerprint density at radius 1 is 1.06 bits per heavy atom. The Morgan fingerprint density at radius 2 is 1.58 bits per heavy atom. The molecule has 8 heteroatoms. The number of benzene rings is 2. The zero-order valence-electron chi connectivity index (χ0n) is 21.2. The van der Waals surface area contributed by atoms with E-state index >= 15 is 0 Å². The summed E-state index contributed by atoms with van der Waals surface area (Å²) in [6.07, 6.45) is 1.38. The third-order valence-electron chi connectivity index (χ3n) is 6.14. The van der Waals surface area contributed by atoms with E-state index in [4.69, 9.17) is 9.47 Å². The molecule has 3 aromatic rings. The number of pyridine rings is 1. The second kappa shape index (κ2) is 11.2. The molecule has 1 aromatic heterocycles. The number of nitrogens with zero attached hydrogens (tertiary/aromatic N) is 1. The van der Waals surface area contributed by atoms with Crippen LogP contribution in [0.3, 0.4) is 0 Å². The Hall–Kier alpha value is -3.91. The van der Waals surface area contributed by atoms with E-state index in [1.165, 1.54) is 20.1 Å². The smallest absolute Gasteiger partial charge is 0.366 e. The van der Waals surface area contributed by atoms with E-state index in [9.17, 15) is 19.9 Å². The molecule has 0 fully saturated rings. The number of aryl methyl sites for hydroxylation is 2. The Balaban J connectivity index is 1.82. The number of rotatable bonds is 10. The first-order valence-corrected chi connectivity index (χ1v) is 11.6. The van der Waals surface area contributed by atoms with Crippen LogP contribution in [-0.2, 0) is 9.53 Å². The van der Waals surface area contributed by atoms with Gasteiger partial charge in [-0.1, -0.05) is 59.7 Å². The second-order valence-corrected chi connectivity index (χ2v) is 9.23. The summed E-state index contributed by atoms with van der Waals surface area (Å²) in [5, 5.41) is 22.9. The summed E-state index contributed by atoms with van der Waals surface area (Å²) >= 11 is 0. The molecule has 1 heterocycles. The van der Waals surface area contributed by atoms with Gasteiger partial charge in [0.2, 0.25) is 11.9 Å². The lowest BCUT2D eigenvalue weighted by molar-refractivity contribution is -0.906. The number of aldehydes is 1. The number of ether oxygens (including phenoxy) is 2. The van der Waals surface area contributed by atoms with Crippen LogP contribution in [0.15, 0.2) is 60.8 Å². The Labute approximate surface area is 211 Å². The molecule has 8 nitrogen and oxygen atoms in total. The third-order valence-corrected chi connectivity index (χ3v) is 6.14. The maximum absolute atomic E-state index is 12.9. The fraction of sp³-hybridized carbons (Fsp3) is 0.321. The van der Waals surface area contributed by atoms with Crippen LogP contribution in [0.25, 0.3) is 0 Å². The van der Waals surface area contributed by atoms with Gasteiger partial charge in [-0.15, -0.1) is 0 Å². The van der Waals surface area contributed by atoms with Crippen LogP contribution in [0.1, 0.15) is 52.5 Å². The molecule has 0 aliphatic rings. The van der Waals surface area contributed by atoms with E-state index in [0.29, 0.717) is 11.0 Å². The maximum atomic E-state index is 12.9. The van der Waals surface area contributed by atoms with Gasteiger partial charge in [0, 0.05) is 10.6 Å². The van der Waals surface area contributed by atoms with Crippen molar-refractivity contribution in [2.75, 3.05) is 13.7 Å². The number of hydrogen-bond donors (Lipinski definition) is 3. The zero-order valence-corrected chi connectivity index (χ0v) is 21.2. The molecule has 2 aromatic carbocycles. The van der Waals surface area contributed by atoms with Gasteiger partial charge in [-0.25, -0.2) is 0 Å². The fourth-order valence-electron chi connectivity index (χ4n) is 3.99. The molecule has 0 saturated heterocycles. The van der Waals surface area contributed by atoms with Crippen LogP contribution in [0, 0.1) is 13.8 Å². The number of carbonyl (C=O) groups is 2. The molecule has 0 aliphatic heterocycles. The molecule has 190 valence electrons. The van der Waals surface area contributed by atoms with Crippen LogP contribution in [-0.4, -0.2) is 47.9 Å². The summed E-state index contributed by atoms with van der Waals surface area (Å²) in [6.45, 7) is 7.36. The van der Waals surface area contributed by atoms with Crippen molar-refractivity contribution in [1.29, 1.82) is 0 Å². The topological polar surface area (TPSA) is 109 Å². The Kier molecular flexibility index (Phi) is 8.32. The van der Waals surface area contributed by atoms with Crippen molar-refractivity contribution >= 4 is 12.2 Å². The van der Waals surface area contributed by atoms with Gasteiger partial charge in [-0.05, 0) is 38.8 Å². The molecular formula is C28H33N2O6+. The summed E-state index contributed by atoms with van der Waals surface area (Å²) in [4.78, 5) is 24.9. The fourth-order valence-corrected chi connectivity index (χ4v) is 3.99. The van der Waals surface area contributed by atoms with Gasteiger partial charge >= 0.3 is 11.6 Å². The molecule has 0 radical (unpaired) electrons. The molecule has 36 heavy (non-hydrogen) atoms. The molecular weight excluding hydrogens is 460 g/mol. The molecule has 1 amide bonds. The highest BCUT2D eigenvalue weighted by molar-refractivity contribution is 5.96. The van der Waals surface area contributed by atoms with E-state index in [0.717, 1.165) is 28.5 Å². The predicted molar refractivity (Wildman–Crippen MR) is 134 cm³/mol. The first-order valence-electron chi connectivity index (χ1n) is 11.6. The van der Waals surface area contributed by atoms with Crippen LogP contribution in [0.2, 0.25) is 0 Å². The lowest BCUT2D eigenvalue weighted by atomic mass is 9.86. The van der Waals surface area contributed by atoms with E-state index in [1.54, 1.807) is 0 Å². The number of aromatic hydroxyl groups is 1. The van der Waals surface area contributed by atoms with Crippen molar-refractivity contribution in [3.05, 3.63) is 88.7 Å². The highest BCUT2D eigenvalue weighted by Crippen LogP contribution is 2.31. The van der Waals surface area contributed by atoms with Crippen LogP contribution in [0.5, 0.6) is 11.5 Å². The molecule has 3 rings (SSSR count). The lowest BCUT2D eigenvalue weighted by Crippen LogP contribution is -2.54. The number of carbonyl (C=O) groups excluding carboxylic acids is 2. The summed E-state index contributed by atoms with van der Waals surface area (Å²) in [6, 6.07) is 17.7. The van der Waals surface area contributed by atoms with Gasteiger partial charge in [0.05, 0.1) is 25.9 Å². The largest absolute Gasteiger partial charge is 0.499 e. The summed E-state index contributed by atoms with van der Waals surface area (Å²) in [5.41, 5.74) is 2.53. The van der Waals surface area contributed by atoms with Gasteiger partial charge in [-0.3, -0.25) is 10.0 Å². The number of aromatic nitrogens is 1. The average molecular weight is 494 g/mol. The minimum atomic E-state index is -1.43. The number of hydrogen-bond acceptors (Lipinski definition) is 6. The Bertz CT molecular complexity index is 1160. The standard InChI is InChI=1S/C28H32N2O6/c1-18-6-10-21(11-7-18)24(22-12-8-19(2)9-13-22)20(3)36-17-28(4,16-31)29-27(33)25-26(32)23(35-5)14-15-30(25)34/h6-16,20,24H,17H2,1-5H3,(H2-,29,32,33,34)/p+1/t20-,28?/m0/s1. The average Bonchev–Trinajstić information content (AvgIpc) is 2.85. The third kappa shape index (κ3) is 6.01. The van der Waals surface area contributed by atoms with Gasteiger partial charge in [0.15, 0.2) is 5.75 Å². The predicted octanol–water partition coefficient (Wildman–Crippen LogP) is 3.47. The van der Waals surface area contributed by atoms with Gasteiger partial charge < -0.3 is 24.7 Å². The monoisotopic (exact) mass is 493 g/mol. The first-order chi connectivity index (χ1) is 17.1. The zero-order chi connectivity index (χ0) is 26.5. The highest BCUT2D eigenvalue weighted by atomic mass is 16.5. The quantitative estimate of drug-likeness (QED) is 0.227. The SMILES string of the molecule is COc1cc[n+](O)c(C(=O)NC(C)(C=O)CO[C@@H](C)C(c2ccc(C)cc2)c2ccc(C)cc2)c1O. The second-order valence-electron chi connectivity index (χ2n) is 9.23. The van der Waals surface area contributed by atoms with Gasteiger partial charge in [0.25, 0.3) is 0 Å². The van der Waals surface area contributed by atoms with Crippen molar-refractivity contribution in [3.63, 3.8) is 0 Å². The number of nitrogens with one attached hydrogen (secondary N) is 1. The van der Waals surface area contributed by atoms with Crippen molar-refractivity contribution < 1.29 is 34.1 Å². The van der Waals surface area contributed by atoms with E-state index in [2.05, 4.69) is 29.6 Å². The van der Waals surface area contributed by atoms with E-state index in [1.807, 2.05) is 45.0 Å². The normalized spacial score (nSPS) is 13.6. The molecule has 0 aliphatic carbocycles. The minimum absolute atomic E-state index is 0.00201.